The van der Waals surface area contributed by atoms with E-state index in [0.717, 1.165) is 11.4 Å². The van der Waals surface area contributed by atoms with Gasteiger partial charge in [0.2, 0.25) is 11.7 Å². The van der Waals surface area contributed by atoms with Gasteiger partial charge in [-0.2, -0.15) is 4.98 Å². The highest BCUT2D eigenvalue weighted by Gasteiger charge is 2.15. The first kappa shape index (κ1) is 12.7. The fourth-order valence-corrected chi connectivity index (χ4v) is 1.55. The minimum Gasteiger partial charge on any atom is -0.339 e. The highest BCUT2D eigenvalue weighted by Crippen LogP contribution is 2.14. The summed E-state index contributed by atoms with van der Waals surface area (Å²) in [5.74, 6) is 1.47. The van der Waals surface area contributed by atoms with E-state index in [1.54, 1.807) is 0 Å². The second kappa shape index (κ2) is 5.27. The maximum Gasteiger partial charge on any atom is 0.228 e. The monoisotopic (exact) mass is 246 g/mol. The lowest BCUT2D eigenvalue weighted by atomic mass is 10.0. The summed E-state index contributed by atoms with van der Waals surface area (Å²) in [5.41, 5.74) is 7.63. The van der Waals surface area contributed by atoms with Gasteiger partial charge in [-0.3, -0.25) is 0 Å². The molecule has 1 atom stereocenters. The van der Waals surface area contributed by atoms with E-state index in [1.807, 2.05) is 25.1 Å². The molecule has 0 aliphatic carbocycles. The number of nitrogens with zero attached hydrogens (tertiary/aromatic N) is 3. The molecule has 0 aromatic carbocycles. The summed E-state index contributed by atoms with van der Waals surface area (Å²) in [6.45, 7) is 6.08. The van der Waals surface area contributed by atoms with E-state index in [9.17, 15) is 0 Å². The lowest BCUT2D eigenvalue weighted by Crippen LogP contribution is -2.28. The Hall–Kier alpha value is -1.75. The topological polar surface area (TPSA) is 77.8 Å². The van der Waals surface area contributed by atoms with E-state index in [-0.39, 0.29) is 6.04 Å². The van der Waals surface area contributed by atoms with Crippen LogP contribution in [0.1, 0.15) is 25.4 Å². The van der Waals surface area contributed by atoms with Crippen molar-refractivity contribution < 1.29 is 4.52 Å². The first-order valence-electron chi connectivity index (χ1n) is 6.08. The average molecular weight is 246 g/mol. The molecule has 2 heterocycles. The number of aromatic nitrogens is 3. The average Bonchev–Trinajstić information content (AvgIpc) is 2.77. The first-order valence-corrected chi connectivity index (χ1v) is 6.08. The third-order valence-electron chi connectivity index (χ3n) is 2.85. The van der Waals surface area contributed by atoms with E-state index in [0.29, 0.717) is 24.1 Å². The minimum absolute atomic E-state index is 0.0313. The van der Waals surface area contributed by atoms with Crippen LogP contribution >= 0.6 is 0 Å². The van der Waals surface area contributed by atoms with Crippen molar-refractivity contribution in [2.24, 2.45) is 11.7 Å². The molecule has 1 unspecified atom stereocenters. The van der Waals surface area contributed by atoms with Crippen LogP contribution in [0.25, 0.3) is 11.5 Å². The molecule has 2 aromatic rings. The Balaban J connectivity index is 2.15. The van der Waals surface area contributed by atoms with Crippen LogP contribution in [0.15, 0.2) is 22.7 Å². The van der Waals surface area contributed by atoms with Crippen molar-refractivity contribution in [2.75, 3.05) is 0 Å². The van der Waals surface area contributed by atoms with E-state index in [1.165, 1.54) is 0 Å². The van der Waals surface area contributed by atoms with Crippen LogP contribution in [-0.2, 0) is 6.42 Å². The van der Waals surface area contributed by atoms with Gasteiger partial charge in [-0.05, 0) is 25.0 Å². The van der Waals surface area contributed by atoms with Gasteiger partial charge in [0, 0.05) is 18.2 Å². The van der Waals surface area contributed by atoms with Gasteiger partial charge in [-0.1, -0.05) is 25.1 Å². The normalized spacial score (nSPS) is 12.9. The molecule has 0 saturated heterocycles. The molecule has 0 amide bonds. The molecule has 2 aromatic heterocycles. The third-order valence-corrected chi connectivity index (χ3v) is 2.85. The number of hydrogen-bond acceptors (Lipinski definition) is 5. The summed E-state index contributed by atoms with van der Waals surface area (Å²) in [7, 11) is 0. The van der Waals surface area contributed by atoms with Crippen molar-refractivity contribution in [3.63, 3.8) is 0 Å². The third kappa shape index (κ3) is 2.92. The molecule has 18 heavy (non-hydrogen) atoms. The Bertz CT molecular complexity index is 521. The van der Waals surface area contributed by atoms with Crippen LogP contribution in [0, 0.1) is 12.8 Å². The van der Waals surface area contributed by atoms with Crippen LogP contribution in [0.2, 0.25) is 0 Å². The summed E-state index contributed by atoms with van der Waals surface area (Å²) in [5, 5.41) is 3.94. The summed E-state index contributed by atoms with van der Waals surface area (Å²) in [6.07, 6.45) is 0.594. The Labute approximate surface area is 106 Å². The maximum absolute atomic E-state index is 5.98. The van der Waals surface area contributed by atoms with Gasteiger partial charge in [0.15, 0.2) is 0 Å². The molecule has 0 aliphatic heterocycles. The second-order valence-corrected chi connectivity index (χ2v) is 4.79. The SMILES string of the molecule is Cc1cccc(-c2noc(CC(N)C(C)C)n2)n1. The zero-order chi connectivity index (χ0) is 13.1. The molecular weight excluding hydrogens is 228 g/mol. The van der Waals surface area contributed by atoms with Gasteiger partial charge in [0.1, 0.15) is 5.69 Å². The molecule has 2 N–H and O–H groups in total. The van der Waals surface area contributed by atoms with Gasteiger partial charge in [0.05, 0.1) is 0 Å². The highest BCUT2D eigenvalue weighted by atomic mass is 16.5. The molecule has 0 fully saturated rings. The predicted octanol–water partition coefficient (Wildman–Crippen LogP) is 1.97. The Kier molecular flexibility index (Phi) is 3.72. The molecule has 5 nitrogen and oxygen atoms in total. The molecule has 0 radical (unpaired) electrons. The summed E-state index contributed by atoms with van der Waals surface area (Å²) < 4.78 is 5.20. The molecular formula is C13H18N4O. The molecule has 0 bridgehead atoms. The fourth-order valence-electron chi connectivity index (χ4n) is 1.55. The largest absolute Gasteiger partial charge is 0.339 e. The first-order chi connectivity index (χ1) is 8.56. The number of pyridine rings is 1. The lowest BCUT2D eigenvalue weighted by Gasteiger charge is -2.11. The Morgan fingerprint density at radius 2 is 2.06 bits per heavy atom. The van der Waals surface area contributed by atoms with Crippen molar-refractivity contribution in [3.8, 4) is 11.5 Å². The van der Waals surface area contributed by atoms with Crippen molar-refractivity contribution in [1.29, 1.82) is 0 Å². The standard InChI is InChI=1S/C13H18N4O/c1-8(2)10(14)7-12-16-13(17-18-12)11-6-4-5-9(3)15-11/h4-6,8,10H,7,14H2,1-3H3. The van der Waals surface area contributed by atoms with Gasteiger partial charge >= 0.3 is 0 Å². The van der Waals surface area contributed by atoms with Crippen LogP contribution in [0.3, 0.4) is 0 Å². The van der Waals surface area contributed by atoms with Gasteiger partial charge in [-0.15, -0.1) is 0 Å². The molecule has 5 heteroatoms. The van der Waals surface area contributed by atoms with Crippen molar-refractivity contribution in [1.82, 2.24) is 15.1 Å². The van der Waals surface area contributed by atoms with Crippen molar-refractivity contribution in [2.45, 2.75) is 33.2 Å². The van der Waals surface area contributed by atoms with Crippen LogP contribution < -0.4 is 5.73 Å². The van der Waals surface area contributed by atoms with E-state index in [2.05, 4.69) is 29.0 Å². The molecule has 2 rings (SSSR count). The number of aryl methyl sites for hydroxylation is 1. The van der Waals surface area contributed by atoms with Crippen molar-refractivity contribution in [3.05, 3.63) is 29.8 Å². The highest BCUT2D eigenvalue weighted by molar-refractivity contribution is 5.47. The van der Waals surface area contributed by atoms with Crippen LogP contribution in [0.4, 0.5) is 0 Å². The van der Waals surface area contributed by atoms with Gasteiger partial charge < -0.3 is 10.3 Å². The predicted molar refractivity (Wildman–Crippen MR) is 68.8 cm³/mol. The second-order valence-electron chi connectivity index (χ2n) is 4.79. The Morgan fingerprint density at radius 3 is 2.72 bits per heavy atom. The zero-order valence-electron chi connectivity index (χ0n) is 10.9. The molecule has 0 spiro atoms. The maximum atomic E-state index is 5.98. The number of hydrogen-bond donors (Lipinski definition) is 1. The zero-order valence-corrected chi connectivity index (χ0v) is 10.9. The fraction of sp³-hybridized carbons (Fsp3) is 0.462. The molecule has 0 saturated carbocycles. The number of nitrogens with two attached hydrogens (primary N) is 1. The Morgan fingerprint density at radius 1 is 1.28 bits per heavy atom. The van der Waals surface area contributed by atoms with Crippen LogP contribution in [-0.4, -0.2) is 21.2 Å². The van der Waals surface area contributed by atoms with Crippen molar-refractivity contribution >= 4 is 0 Å². The smallest absolute Gasteiger partial charge is 0.228 e. The summed E-state index contributed by atoms with van der Waals surface area (Å²) in [6, 6.07) is 5.75. The lowest BCUT2D eigenvalue weighted by molar-refractivity contribution is 0.353. The van der Waals surface area contributed by atoms with E-state index >= 15 is 0 Å². The molecule has 96 valence electrons. The molecule has 0 aliphatic rings. The minimum atomic E-state index is 0.0313. The quantitative estimate of drug-likeness (QED) is 0.892. The van der Waals surface area contributed by atoms with Gasteiger partial charge in [-0.25, -0.2) is 4.98 Å². The number of rotatable bonds is 4. The van der Waals surface area contributed by atoms with Crippen LogP contribution in [0.5, 0.6) is 0 Å². The van der Waals surface area contributed by atoms with E-state index < -0.39 is 0 Å². The van der Waals surface area contributed by atoms with E-state index in [4.69, 9.17) is 10.3 Å². The van der Waals surface area contributed by atoms with Gasteiger partial charge in [0.25, 0.3) is 0 Å². The summed E-state index contributed by atoms with van der Waals surface area (Å²) >= 11 is 0. The summed E-state index contributed by atoms with van der Waals surface area (Å²) in [4.78, 5) is 8.68.